The van der Waals surface area contributed by atoms with Crippen molar-refractivity contribution in [2.24, 2.45) is 16.5 Å². The summed E-state index contributed by atoms with van der Waals surface area (Å²) in [6.45, 7) is 0.671. The lowest BCUT2D eigenvalue weighted by atomic mass is 9.89. The molecule has 1 heterocycles. The van der Waals surface area contributed by atoms with Gasteiger partial charge in [0.15, 0.2) is 12.0 Å². The Balaban J connectivity index is 1.59. The number of hydrogen-bond donors (Lipinski definition) is 6. The van der Waals surface area contributed by atoms with E-state index in [1.54, 1.807) is 72.8 Å². The summed E-state index contributed by atoms with van der Waals surface area (Å²) in [7, 11) is 0. The van der Waals surface area contributed by atoms with Gasteiger partial charge in [0, 0.05) is 6.54 Å². The van der Waals surface area contributed by atoms with Gasteiger partial charge >= 0.3 is 18.0 Å². The van der Waals surface area contributed by atoms with Gasteiger partial charge in [-0.3, -0.25) is 24.1 Å². The Morgan fingerprint density at radius 1 is 0.872 bits per heavy atom. The maximum absolute atomic E-state index is 14.0. The fraction of sp³-hybridized carbons (Fsp3) is 0.219. The van der Waals surface area contributed by atoms with E-state index >= 15 is 0 Å². The number of urea groups is 1. The molecule has 1 fully saturated rings. The minimum Gasteiger partial charge on any atom is -0.481 e. The monoisotopic (exact) mass is 643 g/mol. The fourth-order valence-corrected chi connectivity index (χ4v) is 5.17. The number of aliphatic carboxylic acids is 2. The van der Waals surface area contributed by atoms with Crippen molar-refractivity contribution in [1.82, 2.24) is 20.4 Å². The highest BCUT2D eigenvalue weighted by atomic mass is 16.4. The highest BCUT2D eigenvalue weighted by Crippen LogP contribution is 2.39. The largest absolute Gasteiger partial charge is 0.481 e. The van der Waals surface area contributed by atoms with Crippen molar-refractivity contribution in [2.75, 3.05) is 6.54 Å². The Labute approximate surface area is 268 Å². The Kier molecular flexibility index (Phi) is 10.2. The van der Waals surface area contributed by atoms with Gasteiger partial charge in [-0.05, 0) is 35.7 Å². The van der Waals surface area contributed by atoms with Gasteiger partial charge in [-0.15, -0.1) is 0 Å². The van der Waals surface area contributed by atoms with Crippen molar-refractivity contribution < 1.29 is 39.0 Å². The van der Waals surface area contributed by atoms with Gasteiger partial charge < -0.3 is 37.2 Å². The quantitative estimate of drug-likeness (QED) is 0.0883. The number of aliphatic imine (C=N–C) groups is 1. The summed E-state index contributed by atoms with van der Waals surface area (Å²) in [4.78, 5) is 83.5. The first-order chi connectivity index (χ1) is 22.3. The first kappa shape index (κ1) is 33.6. The number of amides is 5. The SMILES string of the molecule is CC1(c2ccc(N=C(N)N)cc2)C(=O)N(CC(=O)N[C@@H](CC(=O)O)C(=O)N[C@H](C(=O)O)c2ccccc2)C(=O)N1Cc1ccccc1. The summed E-state index contributed by atoms with van der Waals surface area (Å²) < 4.78 is 0. The van der Waals surface area contributed by atoms with Crippen molar-refractivity contribution in [3.63, 3.8) is 0 Å². The van der Waals surface area contributed by atoms with Crippen LogP contribution in [0.4, 0.5) is 10.5 Å². The van der Waals surface area contributed by atoms with E-state index in [4.69, 9.17) is 11.5 Å². The van der Waals surface area contributed by atoms with Crippen molar-refractivity contribution in [2.45, 2.75) is 37.5 Å². The molecule has 15 nitrogen and oxygen atoms in total. The molecule has 1 saturated heterocycles. The first-order valence-corrected chi connectivity index (χ1v) is 14.3. The number of carboxylic acid groups (broad SMARTS) is 2. The molecule has 0 aromatic heterocycles. The molecule has 0 saturated carbocycles. The number of carboxylic acids is 2. The summed E-state index contributed by atoms with van der Waals surface area (Å²) in [6.07, 6.45) is -0.902. The second-order valence-electron chi connectivity index (χ2n) is 10.8. The number of carbonyl (C=O) groups is 6. The maximum atomic E-state index is 14.0. The third-order valence-corrected chi connectivity index (χ3v) is 7.53. The molecule has 3 aromatic rings. The topological polar surface area (TPSA) is 238 Å². The third kappa shape index (κ3) is 7.70. The summed E-state index contributed by atoms with van der Waals surface area (Å²) in [5.41, 5.74) is 11.0. The molecule has 0 aliphatic carbocycles. The van der Waals surface area contributed by atoms with E-state index in [1.165, 1.54) is 24.0 Å². The predicted octanol–water partition coefficient (Wildman–Crippen LogP) is 1.17. The summed E-state index contributed by atoms with van der Waals surface area (Å²) in [5.74, 6) is -5.91. The van der Waals surface area contributed by atoms with Crippen LogP contribution in [-0.4, -0.2) is 74.3 Å². The molecule has 4 rings (SSSR count). The molecule has 0 bridgehead atoms. The van der Waals surface area contributed by atoms with E-state index in [2.05, 4.69) is 15.6 Å². The highest BCUT2D eigenvalue weighted by Gasteiger charge is 2.55. The second-order valence-corrected chi connectivity index (χ2v) is 10.8. The van der Waals surface area contributed by atoms with E-state index < -0.39 is 66.3 Å². The van der Waals surface area contributed by atoms with Gasteiger partial charge in [0.25, 0.3) is 5.91 Å². The molecule has 0 radical (unpaired) electrons. The van der Waals surface area contributed by atoms with Crippen molar-refractivity contribution in [3.05, 3.63) is 102 Å². The molecule has 244 valence electrons. The lowest BCUT2D eigenvalue weighted by Crippen LogP contribution is -2.52. The van der Waals surface area contributed by atoms with E-state index in [1.807, 2.05) is 0 Å². The molecule has 1 unspecified atom stereocenters. The summed E-state index contributed by atoms with van der Waals surface area (Å²) in [5, 5.41) is 23.6. The molecular weight excluding hydrogens is 610 g/mol. The number of nitrogens with two attached hydrogens (primary N) is 2. The first-order valence-electron chi connectivity index (χ1n) is 14.3. The number of nitrogens with zero attached hydrogens (tertiary/aromatic N) is 3. The van der Waals surface area contributed by atoms with Crippen LogP contribution in [-0.2, 0) is 36.1 Å². The van der Waals surface area contributed by atoms with Crippen molar-refractivity contribution in [3.8, 4) is 0 Å². The Morgan fingerprint density at radius 3 is 2.02 bits per heavy atom. The summed E-state index contributed by atoms with van der Waals surface area (Å²) in [6, 6.07) is 18.7. The average molecular weight is 644 g/mol. The summed E-state index contributed by atoms with van der Waals surface area (Å²) >= 11 is 0. The zero-order valence-corrected chi connectivity index (χ0v) is 25.2. The normalized spacial score (nSPS) is 17.0. The predicted molar refractivity (Wildman–Crippen MR) is 168 cm³/mol. The van der Waals surface area contributed by atoms with Gasteiger partial charge in [0.2, 0.25) is 11.8 Å². The van der Waals surface area contributed by atoms with E-state index in [0.717, 1.165) is 0 Å². The molecule has 15 heteroatoms. The number of carbonyl (C=O) groups excluding carboxylic acids is 4. The van der Waals surface area contributed by atoms with Gasteiger partial charge in [0.1, 0.15) is 18.1 Å². The maximum Gasteiger partial charge on any atom is 0.330 e. The Morgan fingerprint density at radius 2 is 1.47 bits per heavy atom. The van der Waals surface area contributed by atoms with Crippen LogP contribution in [0, 0.1) is 0 Å². The van der Waals surface area contributed by atoms with Crippen LogP contribution in [0.5, 0.6) is 0 Å². The molecule has 8 N–H and O–H groups in total. The number of imide groups is 1. The third-order valence-electron chi connectivity index (χ3n) is 7.53. The van der Waals surface area contributed by atoms with Crippen LogP contribution >= 0.6 is 0 Å². The number of guanidine groups is 1. The number of hydrogen-bond acceptors (Lipinski definition) is 7. The second kappa shape index (κ2) is 14.2. The number of nitrogens with one attached hydrogen (secondary N) is 2. The lowest BCUT2D eigenvalue weighted by Gasteiger charge is -2.32. The van der Waals surface area contributed by atoms with Crippen LogP contribution < -0.4 is 22.1 Å². The molecular formula is C32H33N7O8. The van der Waals surface area contributed by atoms with Crippen molar-refractivity contribution >= 4 is 47.3 Å². The molecule has 47 heavy (non-hydrogen) atoms. The Hall–Kier alpha value is -6.25. The van der Waals surface area contributed by atoms with Crippen LogP contribution in [0.15, 0.2) is 89.9 Å². The molecule has 1 aliphatic rings. The van der Waals surface area contributed by atoms with Crippen LogP contribution in [0.1, 0.15) is 36.1 Å². The minimum atomic E-state index is -1.73. The standard InChI is InChI=1S/C32H33N7O8/c1-32(21-12-14-22(15-13-21)35-30(33)34)29(46)38(31(47)39(32)17-19-8-4-2-5-9-19)18-24(40)36-23(16-25(41)42)27(43)37-26(28(44)45)20-10-6-3-7-11-20/h2-15,23,26H,16-18H2,1H3,(H,36,40)(H,37,43)(H,41,42)(H,44,45)(H4,33,34,35)/t23-,26-,32?/m0/s1. The lowest BCUT2D eigenvalue weighted by molar-refractivity contribution is -0.144. The van der Waals surface area contributed by atoms with Gasteiger partial charge in [-0.1, -0.05) is 72.8 Å². The molecule has 0 spiro atoms. The molecule has 5 amide bonds. The van der Waals surface area contributed by atoms with E-state index in [9.17, 15) is 39.0 Å². The Bertz CT molecular complexity index is 1700. The van der Waals surface area contributed by atoms with Gasteiger partial charge in [0.05, 0.1) is 12.1 Å². The van der Waals surface area contributed by atoms with Gasteiger partial charge in [-0.25, -0.2) is 14.6 Å². The number of benzene rings is 3. The van der Waals surface area contributed by atoms with Gasteiger partial charge in [-0.2, -0.15) is 0 Å². The molecule has 3 aromatic carbocycles. The van der Waals surface area contributed by atoms with Crippen LogP contribution in [0.2, 0.25) is 0 Å². The zero-order valence-electron chi connectivity index (χ0n) is 25.2. The van der Waals surface area contributed by atoms with E-state index in [-0.39, 0.29) is 18.1 Å². The minimum absolute atomic E-state index is 0.00417. The van der Waals surface area contributed by atoms with E-state index in [0.29, 0.717) is 21.7 Å². The molecule has 3 atom stereocenters. The average Bonchev–Trinajstić information content (AvgIpc) is 3.20. The fourth-order valence-electron chi connectivity index (χ4n) is 5.17. The highest BCUT2D eigenvalue weighted by molar-refractivity contribution is 6.09. The van der Waals surface area contributed by atoms with Crippen molar-refractivity contribution in [1.29, 1.82) is 0 Å². The smallest absolute Gasteiger partial charge is 0.330 e. The van der Waals surface area contributed by atoms with Crippen LogP contribution in [0.25, 0.3) is 0 Å². The molecule has 1 aliphatic heterocycles. The zero-order chi connectivity index (χ0) is 34.3. The number of rotatable bonds is 13. The van der Waals surface area contributed by atoms with Crippen LogP contribution in [0.3, 0.4) is 0 Å².